The van der Waals surface area contributed by atoms with E-state index in [9.17, 15) is 4.79 Å². The number of halogens is 1. The molecule has 2 aromatic carbocycles. The van der Waals surface area contributed by atoms with E-state index in [1.807, 2.05) is 12.1 Å². The number of rotatable bonds is 6. The van der Waals surface area contributed by atoms with Gasteiger partial charge in [-0.05, 0) is 36.4 Å². The fourth-order valence-corrected chi connectivity index (χ4v) is 2.97. The second kappa shape index (κ2) is 8.22. The molecule has 0 spiro atoms. The summed E-state index contributed by atoms with van der Waals surface area (Å²) in [6.45, 7) is 0. The van der Waals surface area contributed by atoms with Crippen molar-refractivity contribution >= 4 is 23.2 Å². The van der Waals surface area contributed by atoms with E-state index in [1.165, 1.54) is 7.11 Å². The molecule has 3 rings (SSSR count). The number of aromatic nitrogens is 2. The molecule has 0 aliphatic rings. The van der Waals surface area contributed by atoms with Crippen LogP contribution in [0, 0.1) is 0 Å². The van der Waals surface area contributed by atoms with E-state index in [2.05, 4.69) is 10.4 Å². The molecule has 1 N–H and O–H groups in total. The molecule has 0 fully saturated rings. The molecule has 146 valence electrons. The van der Waals surface area contributed by atoms with Gasteiger partial charge in [0.25, 0.3) is 5.91 Å². The number of hydrogen-bond acceptors (Lipinski definition) is 5. The molecular formula is C20H20ClN3O4. The molecule has 1 heterocycles. The van der Waals surface area contributed by atoms with E-state index in [1.54, 1.807) is 56.3 Å². The quantitative estimate of drug-likeness (QED) is 0.675. The van der Waals surface area contributed by atoms with E-state index in [-0.39, 0.29) is 11.6 Å². The van der Waals surface area contributed by atoms with E-state index in [0.717, 1.165) is 11.3 Å². The summed E-state index contributed by atoms with van der Waals surface area (Å²) in [7, 11) is 6.44. The van der Waals surface area contributed by atoms with Crippen LogP contribution < -0.4 is 19.5 Å². The summed E-state index contributed by atoms with van der Waals surface area (Å²) in [5.74, 6) is 1.36. The predicted molar refractivity (Wildman–Crippen MR) is 108 cm³/mol. The molecule has 0 radical (unpaired) electrons. The van der Waals surface area contributed by atoms with Crippen molar-refractivity contribution < 1.29 is 19.0 Å². The maximum Gasteiger partial charge on any atom is 0.276 e. The number of ether oxygens (including phenoxy) is 3. The summed E-state index contributed by atoms with van der Waals surface area (Å²) >= 11 is 6.02. The van der Waals surface area contributed by atoms with Crippen LogP contribution in [0.3, 0.4) is 0 Å². The van der Waals surface area contributed by atoms with Gasteiger partial charge >= 0.3 is 0 Å². The third kappa shape index (κ3) is 3.89. The van der Waals surface area contributed by atoms with Crippen LogP contribution in [0.2, 0.25) is 5.02 Å². The molecule has 0 aliphatic carbocycles. The van der Waals surface area contributed by atoms with Gasteiger partial charge in [0.15, 0.2) is 17.2 Å². The average Bonchev–Trinajstić information content (AvgIpc) is 3.10. The Hall–Kier alpha value is -3.19. The Morgan fingerprint density at radius 3 is 2.36 bits per heavy atom. The lowest BCUT2D eigenvalue weighted by atomic mass is 10.1. The molecule has 0 atom stereocenters. The SMILES string of the molecule is COc1cc(NC(=O)c2cc(-c3ccc(OC)c(OC)c3)n(C)n2)ccc1Cl. The second-order valence-corrected chi connectivity index (χ2v) is 6.32. The van der Waals surface area contributed by atoms with Gasteiger partial charge in [0.2, 0.25) is 0 Å². The van der Waals surface area contributed by atoms with Gasteiger partial charge in [-0.15, -0.1) is 0 Å². The van der Waals surface area contributed by atoms with Crippen molar-refractivity contribution in [2.24, 2.45) is 7.05 Å². The Bertz CT molecular complexity index is 1020. The number of nitrogens with zero attached hydrogens (tertiary/aromatic N) is 2. The van der Waals surface area contributed by atoms with Crippen molar-refractivity contribution in [3.8, 4) is 28.5 Å². The van der Waals surface area contributed by atoms with Crippen LogP contribution in [0.15, 0.2) is 42.5 Å². The Kier molecular flexibility index (Phi) is 5.75. The van der Waals surface area contributed by atoms with Crippen molar-refractivity contribution in [1.29, 1.82) is 0 Å². The molecule has 0 saturated carbocycles. The zero-order valence-corrected chi connectivity index (χ0v) is 16.7. The lowest BCUT2D eigenvalue weighted by Crippen LogP contribution is -2.13. The topological polar surface area (TPSA) is 74.6 Å². The van der Waals surface area contributed by atoms with E-state index in [0.29, 0.717) is 28.0 Å². The third-order valence-corrected chi connectivity index (χ3v) is 4.51. The maximum absolute atomic E-state index is 12.6. The fourth-order valence-electron chi connectivity index (χ4n) is 2.78. The highest BCUT2D eigenvalue weighted by molar-refractivity contribution is 6.32. The first-order valence-corrected chi connectivity index (χ1v) is 8.76. The Morgan fingerprint density at radius 1 is 0.964 bits per heavy atom. The molecule has 0 saturated heterocycles. The highest BCUT2D eigenvalue weighted by Gasteiger charge is 2.16. The number of aryl methyl sites for hydroxylation is 1. The molecule has 0 aliphatic heterocycles. The smallest absolute Gasteiger partial charge is 0.276 e. The minimum Gasteiger partial charge on any atom is -0.495 e. The number of hydrogen-bond donors (Lipinski definition) is 1. The van der Waals surface area contributed by atoms with E-state index < -0.39 is 0 Å². The van der Waals surface area contributed by atoms with Gasteiger partial charge < -0.3 is 19.5 Å². The molecule has 1 aromatic heterocycles. The minimum atomic E-state index is -0.341. The lowest BCUT2D eigenvalue weighted by Gasteiger charge is -2.09. The van der Waals surface area contributed by atoms with E-state index in [4.69, 9.17) is 25.8 Å². The number of benzene rings is 2. The molecule has 0 unspecified atom stereocenters. The first-order valence-electron chi connectivity index (χ1n) is 8.38. The van der Waals surface area contributed by atoms with Crippen molar-refractivity contribution in [2.75, 3.05) is 26.6 Å². The van der Waals surface area contributed by atoms with Crippen LogP contribution in [0.1, 0.15) is 10.5 Å². The van der Waals surface area contributed by atoms with Crippen LogP contribution in [0.25, 0.3) is 11.3 Å². The number of carbonyl (C=O) groups is 1. The Labute approximate surface area is 167 Å². The average molecular weight is 402 g/mol. The monoisotopic (exact) mass is 401 g/mol. The van der Waals surface area contributed by atoms with Crippen molar-refractivity contribution in [3.63, 3.8) is 0 Å². The number of anilines is 1. The van der Waals surface area contributed by atoms with Gasteiger partial charge in [-0.3, -0.25) is 9.48 Å². The molecule has 8 heteroatoms. The van der Waals surface area contributed by atoms with Gasteiger partial charge in [-0.1, -0.05) is 11.6 Å². The number of amides is 1. The Morgan fingerprint density at radius 2 is 1.68 bits per heavy atom. The van der Waals surface area contributed by atoms with Crippen LogP contribution in [0.4, 0.5) is 5.69 Å². The van der Waals surface area contributed by atoms with Crippen LogP contribution >= 0.6 is 11.6 Å². The molecule has 28 heavy (non-hydrogen) atoms. The maximum atomic E-state index is 12.6. The van der Waals surface area contributed by atoms with Crippen molar-refractivity contribution in [1.82, 2.24) is 9.78 Å². The van der Waals surface area contributed by atoms with Crippen molar-refractivity contribution in [3.05, 3.63) is 53.2 Å². The lowest BCUT2D eigenvalue weighted by molar-refractivity contribution is 0.102. The standard InChI is InChI=1S/C20H20ClN3O4/c1-24-16(12-5-8-17(26-2)19(9-12)28-4)11-15(23-24)20(25)22-13-6-7-14(21)18(10-13)27-3/h5-11H,1-4H3,(H,22,25). The summed E-state index contributed by atoms with van der Waals surface area (Å²) in [6, 6.07) is 12.2. The second-order valence-electron chi connectivity index (χ2n) is 5.91. The zero-order valence-electron chi connectivity index (χ0n) is 15.9. The van der Waals surface area contributed by atoms with Gasteiger partial charge in [-0.2, -0.15) is 5.10 Å². The Balaban J connectivity index is 1.86. The summed E-state index contributed by atoms with van der Waals surface area (Å²) in [4.78, 5) is 12.6. The summed E-state index contributed by atoms with van der Waals surface area (Å²) in [5, 5.41) is 7.58. The molecule has 0 bridgehead atoms. The van der Waals surface area contributed by atoms with Gasteiger partial charge in [0.05, 0.1) is 32.0 Å². The summed E-state index contributed by atoms with van der Waals surface area (Å²) < 4.78 is 17.4. The first-order chi connectivity index (χ1) is 13.5. The fraction of sp³-hybridized carbons (Fsp3) is 0.200. The molecule has 1 amide bonds. The van der Waals surface area contributed by atoms with Crippen LogP contribution in [-0.4, -0.2) is 37.0 Å². The van der Waals surface area contributed by atoms with Crippen LogP contribution in [-0.2, 0) is 7.05 Å². The normalized spacial score (nSPS) is 10.5. The van der Waals surface area contributed by atoms with Gasteiger partial charge in [0.1, 0.15) is 5.75 Å². The van der Waals surface area contributed by atoms with Gasteiger partial charge in [-0.25, -0.2) is 0 Å². The highest BCUT2D eigenvalue weighted by atomic mass is 35.5. The largest absolute Gasteiger partial charge is 0.495 e. The minimum absolute atomic E-state index is 0.279. The predicted octanol–water partition coefficient (Wildman–Crippen LogP) is 4.02. The van der Waals surface area contributed by atoms with Gasteiger partial charge in [0, 0.05) is 24.4 Å². The highest BCUT2D eigenvalue weighted by Crippen LogP contribution is 2.32. The van der Waals surface area contributed by atoms with E-state index >= 15 is 0 Å². The molecular weight excluding hydrogens is 382 g/mol. The number of nitrogens with one attached hydrogen (secondary N) is 1. The molecule has 3 aromatic rings. The summed E-state index contributed by atoms with van der Waals surface area (Å²) in [5.41, 5.74) is 2.45. The van der Waals surface area contributed by atoms with Crippen LogP contribution in [0.5, 0.6) is 17.2 Å². The number of methoxy groups -OCH3 is 3. The summed E-state index contributed by atoms with van der Waals surface area (Å²) in [6.07, 6.45) is 0. The number of carbonyl (C=O) groups excluding carboxylic acids is 1. The third-order valence-electron chi connectivity index (χ3n) is 4.20. The molecule has 7 nitrogen and oxygen atoms in total. The zero-order chi connectivity index (χ0) is 20.3. The first kappa shape index (κ1) is 19.6. The van der Waals surface area contributed by atoms with Crippen molar-refractivity contribution in [2.45, 2.75) is 0 Å².